The number of esters is 1. The van der Waals surface area contributed by atoms with E-state index >= 15 is 0 Å². The van der Waals surface area contributed by atoms with E-state index in [2.05, 4.69) is 6.92 Å². The number of aliphatic hydroxyl groups is 3. The minimum atomic E-state index is -0.698. The van der Waals surface area contributed by atoms with Crippen LogP contribution in [0.5, 0.6) is 0 Å². The monoisotopic (exact) mass is 594 g/mol. The van der Waals surface area contributed by atoms with Crippen molar-refractivity contribution in [2.45, 2.75) is 198 Å². The maximum Gasteiger partial charge on any atom is 0.334 e. The predicted molar refractivity (Wildman–Crippen MR) is 167 cm³/mol. The van der Waals surface area contributed by atoms with Gasteiger partial charge in [-0.05, 0) is 51.5 Å². The van der Waals surface area contributed by atoms with E-state index in [9.17, 15) is 24.9 Å². The van der Waals surface area contributed by atoms with Crippen LogP contribution in [-0.2, 0) is 19.1 Å². The van der Waals surface area contributed by atoms with Crippen LogP contribution in [0.2, 0.25) is 0 Å². The molecule has 0 aliphatic carbocycles. The maximum absolute atomic E-state index is 12.2. The number of Topliss-reactive ketones (excluding diaryl/α,β-unsaturated/α-hetero) is 1. The zero-order valence-electron chi connectivity index (χ0n) is 26.8. The number of unbranched alkanes of at least 4 members (excludes halogenated alkanes) is 13. The van der Waals surface area contributed by atoms with Crippen molar-refractivity contribution >= 4 is 11.8 Å². The molecule has 7 nitrogen and oxygen atoms in total. The summed E-state index contributed by atoms with van der Waals surface area (Å²) >= 11 is 0. The van der Waals surface area contributed by atoms with E-state index in [0.29, 0.717) is 31.3 Å². The molecule has 0 saturated carbocycles. The van der Waals surface area contributed by atoms with Gasteiger partial charge < -0.3 is 24.8 Å². The van der Waals surface area contributed by atoms with Gasteiger partial charge in [-0.25, -0.2) is 4.79 Å². The normalized spacial score (nSPS) is 22.6. The van der Waals surface area contributed by atoms with Crippen molar-refractivity contribution in [1.82, 2.24) is 0 Å². The average molecular weight is 595 g/mol. The van der Waals surface area contributed by atoms with Crippen LogP contribution in [-0.4, -0.2) is 63.7 Å². The second-order valence-corrected chi connectivity index (χ2v) is 12.9. The molecule has 1 saturated heterocycles. The van der Waals surface area contributed by atoms with E-state index in [1.807, 2.05) is 0 Å². The molecule has 42 heavy (non-hydrogen) atoms. The Hall–Kier alpha value is -1.28. The van der Waals surface area contributed by atoms with Crippen LogP contribution in [0, 0.1) is 0 Å². The summed E-state index contributed by atoms with van der Waals surface area (Å²) in [6, 6.07) is 0. The number of carbonyl (C=O) groups is 2. The lowest BCUT2D eigenvalue weighted by atomic mass is 9.99. The highest BCUT2D eigenvalue weighted by atomic mass is 16.5. The summed E-state index contributed by atoms with van der Waals surface area (Å²) in [5, 5.41) is 31.3. The van der Waals surface area contributed by atoms with Crippen LogP contribution in [0.15, 0.2) is 11.6 Å². The summed E-state index contributed by atoms with van der Waals surface area (Å²) in [5.74, 6) is -0.210. The number of cyclic esters (lactones) is 1. The number of ether oxygens (including phenoxy) is 2. The molecule has 2 aliphatic rings. The first-order valence-electron chi connectivity index (χ1n) is 17.4. The molecule has 3 N–H and O–H groups in total. The molecule has 0 aromatic heterocycles. The number of rotatable bonds is 26. The van der Waals surface area contributed by atoms with E-state index in [1.54, 1.807) is 13.0 Å². The molecular formula is C35H62O7. The van der Waals surface area contributed by atoms with Crippen LogP contribution < -0.4 is 0 Å². The average Bonchev–Trinajstić information content (AvgIpc) is 3.58. The lowest BCUT2D eigenvalue weighted by Crippen LogP contribution is -2.31. The molecule has 0 spiro atoms. The lowest BCUT2D eigenvalue weighted by Gasteiger charge is -2.22. The summed E-state index contributed by atoms with van der Waals surface area (Å²) in [6.45, 7) is 4.04. The van der Waals surface area contributed by atoms with Crippen LogP contribution in [0.1, 0.15) is 162 Å². The van der Waals surface area contributed by atoms with Gasteiger partial charge >= 0.3 is 5.97 Å². The third-order valence-corrected chi connectivity index (χ3v) is 8.96. The number of ketones is 1. The molecule has 2 aliphatic heterocycles. The van der Waals surface area contributed by atoms with Gasteiger partial charge in [-0.2, -0.15) is 0 Å². The molecular weight excluding hydrogens is 532 g/mol. The Morgan fingerprint density at radius 2 is 1.26 bits per heavy atom. The largest absolute Gasteiger partial charge is 0.455 e. The van der Waals surface area contributed by atoms with Crippen molar-refractivity contribution in [3.8, 4) is 0 Å². The third kappa shape index (κ3) is 16.0. The van der Waals surface area contributed by atoms with Crippen molar-refractivity contribution in [3.05, 3.63) is 11.6 Å². The number of carbonyl (C=O) groups excluding carboxylic acids is 2. The third-order valence-electron chi connectivity index (χ3n) is 8.96. The fourth-order valence-corrected chi connectivity index (χ4v) is 6.26. The molecule has 6 atom stereocenters. The van der Waals surface area contributed by atoms with Gasteiger partial charge in [0.25, 0.3) is 0 Å². The van der Waals surface area contributed by atoms with E-state index in [-0.39, 0.29) is 36.5 Å². The molecule has 0 aromatic rings. The first-order valence-corrected chi connectivity index (χ1v) is 17.4. The highest BCUT2D eigenvalue weighted by Crippen LogP contribution is 2.28. The summed E-state index contributed by atoms with van der Waals surface area (Å²) in [6.07, 6.45) is 21.9. The molecule has 0 bridgehead atoms. The molecule has 2 heterocycles. The Kier molecular flexibility index (Phi) is 19.6. The zero-order valence-corrected chi connectivity index (χ0v) is 26.8. The van der Waals surface area contributed by atoms with E-state index in [1.165, 1.54) is 57.8 Å². The molecule has 2 rings (SSSR count). The number of hydrogen-bond donors (Lipinski definition) is 3. The van der Waals surface area contributed by atoms with Crippen LogP contribution in [0.4, 0.5) is 0 Å². The highest BCUT2D eigenvalue weighted by molar-refractivity contribution is 5.90. The molecule has 0 aromatic carbocycles. The lowest BCUT2D eigenvalue weighted by molar-refractivity contribution is -0.139. The number of hydrogen-bond acceptors (Lipinski definition) is 7. The first-order chi connectivity index (χ1) is 20.3. The summed E-state index contributed by atoms with van der Waals surface area (Å²) in [5.41, 5.74) is 0.504. The van der Waals surface area contributed by atoms with Gasteiger partial charge in [0.05, 0.1) is 30.5 Å². The molecule has 1 fully saturated rings. The molecule has 0 radical (unpaired) electrons. The minimum Gasteiger partial charge on any atom is -0.455 e. The van der Waals surface area contributed by atoms with Gasteiger partial charge in [-0.1, -0.05) is 96.8 Å². The second kappa shape index (κ2) is 22.3. The van der Waals surface area contributed by atoms with Crippen molar-refractivity contribution in [1.29, 1.82) is 0 Å². The minimum absolute atomic E-state index is 0.137. The standard InChI is InChI=1S/C35H62O7/c1-3-4-5-6-7-8-9-10-13-16-19-31(38)33-23-24-34(42-33)32(39)20-17-14-11-12-15-18-29(36)21-22-30(37)26-28-25-27(2)41-35(28)40/h25,27,30-34,37-39H,3-24,26H2,1-2H3/t27-,30+,31+,32+,33+,34+/m0/s1. The number of aliphatic hydroxyl groups excluding tert-OH is 3. The quantitative estimate of drug-likeness (QED) is 0.0713. The first kappa shape index (κ1) is 36.9. The maximum atomic E-state index is 12.2. The summed E-state index contributed by atoms with van der Waals surface area (Å²) < 4.78 is 11.1. The Labute approximate surface area is 255 Å². The van der Waals surface area contributed by atoms with Gasteiger partial charge in [-0.3, -0.25) is 4.79 Å². The second-order valence-electron chi connectivity index (χ2n) is 12.9. The van der Waals surface area contributed by atoms with Crippen molar-refractivity contribution in [2.24, 2.45) is 0 Å². The Morgan fingerprint density at radius 3 is 1.76 bits per heavy atom. The molecule has 7 heteroatoms. The smallest absolute Gasteiger partial charge is 0.334 e. The van der Waals surface area contributed by atoms with Gasteiger partial charge in [-0.15, -0.1) is 0 Å². The fourth-order valence-electron chi connectivity index (χ4n) is 6.26. The topological polar surface area (TPSA) is 113 Å². The van der Waals surface area contributed by atoms with Gasteiger partial charge in [0, 0.05) is 24.8 Å². The Morgan fingerprint density at radius 1 is 0.762 bits per heavy atom. The summed E-state index contributed by atoms with van der Waals surface area (Å²) in [7, 11) is 0. The molecule has 244 valence electrons. The molecule has 0 amide bonds. The molecule has 0 unspecified atom stereocenters. The van der Waals surface area contributed by atoms with Crippen molar-refractivity contribution in [3.63, 3.8) is 0 Å². The van der Waals surface area contributed by atoms with Crippen LogP contribution in [0.3, 0.4) is 0 Å². The van der Waals surface area contributed by atoms with Crippen molar-refractivity contribution in [2.75, 3.05) is 0 Å². The van der Waals surface area contributed by atoms with E-state index in [0.717, 1.165) is 57.8 Å². The van der Waals surface area contributed by atoms with Gasteiger partial charge in [0.1, 0.15) is 11.9 Å². The van der Waals surface area contributed by atoms with E-state index in [4.69, 9.17) is 9.47 Å². The zero-order chi connectivity index (χ0) is 30.6. The highest BCUT2D eigenvalue weighted by Gasteiger charge is 2.34. The van der Waals surface area contributed by atoms with Crippen molar-refractivity contribution < 1.29 is 34.4 Å². The van der Waals surface area contributed by atoms with Gasteiger partial charge in [0.2, 0.25) is 0 Å². The van der Waals surface area contributed by atoms with Crippen LogP contribution >= 0.6 is 0 Å². The predicted octanol–water partition coefficient (Wildman–Crippen LogP) is 7.27. The van der Waals surface area contributed by atoms with E-state index < -0.39 is 18.3 Å². The Bertz CT molecular complexity index is 766. The Balaban J connectivity index is 1.41. The fraction of sp³-hybridized carbons (Fsp3) is 0.886. The van der Waals surface area contributed by atoms with Gasteiger partial charge in [0.15, 0.2) is 0 Å². The SMILES string of the molecule is CCCCCCCCCCCC[C@@H](O)[C@H]1CC[C@H]([C@H](O)CCCCCCCC(=O)CC[C@@H](O)CC2=C[C@H](C)OC2=O)O1. The summed E-state index contributed by atoms with van der Waals surface area (Å²) in [4.78, 5) is 23.8. The van der Waals surface area contributed by atoms with Crippen LogP contribution in [0.25, 0.3) is 0 Å².